The van der Waals surface area contributed by atoms with Gasteiger partial charge in [0.05, 0.1) is 24.4 Å². The van der Waals surface area contributed by atoms with Gasteiger partial charge in [-0.1, -0.05) is 38.1 Å². The van der Waals surface area contributed by atoms with E-state index in [2.05, 4.69) is 35.2 Å². The maximum atomic E-state index is 12.9. The van der Waals surface area contributed by atoms with Gasteiger partial charge in [-0.15, -0.1) is 0 Å². The molecule has 1 fully saturated rings. The van der Waals surface area contributed by atoms with Gasteiger partial charge in [-0.3, -0.25) is 15.6 Å². The third kappa shape index (κ3) is 4.63. The van der Waals surface area contributed by atoms with Crippen LogP contribution in [0.4, 0.5) is 5.82 Å². The van der Waals surface area contributed by atoms with E-state index in [4.69, 9.17) is 10.8 Å². The third-order valence-electron chi connectivity index (χ3n) is 5.52. The number of carbonyl (C=O) groups excluding carboxylic acids is 1. The number of nitrogens with zero attached hydrogens (tertiary/aromatic N) is 4. The highest BCUT2D eigenvalue weighted by molar-refractivity contribution is 6.05. The Bertz CT molecular complexity index is 1060. The van der Waals surface area contributed by atoms with Gasteiger partial charge in [0.2, 0.25) is 0 Å². The molecule has 0 aromatic carbocycles. The highest BCUT2D eigenvalue weighted by Gasteiger charge is 2.30. The Morgan fingerprint density at radius 2 is 2.16 bits per heavy atom. The molecule has 1 saturated carbocycles. The number of anilines is 1. The Hall–Kier alpha value is -3.55. The smallest absolute Gasteiger partial charge is 0.252 e. The standard InChI is InChI=1S/C23H27N7O/c1-15(2)20-12-29(14-26-20)18-6-3-5-16(11-18)23(31)28-21-8-4-7-19(27-21)22(25)30(13-24)17-9-10-17/h3-8,12-15,17-18,24-25H,9-11H2,1-2H3,(H,27,28,31). The van der Waals surface area contributed by atoms with Crippen LogP contribution in [0, 0.1) is 10.8 Å². The Kier molecular flexibility index (Phi) is 5.79. The number of amidine groups is 1. The van der Waals surface area contributed by atoms with Crippen molar-refractivity contribution in [3.63, 3.8) is 0 Å². The molecule has 31 heavy (non-hydrogen) atoms. The van der Waals surface area contributed by atoms with Crippen molar-refractivity contribution in [1.82, 2.24) is 19.4 Å². The zero-order valence-electron chi connectivity index (χ0n) is 17.7. The molecule has 0 aliphatic heterocycles. The lowest BCUT2D eigenvalue weighted by Crippen LogP contribution is -2.32. The molecule has 8 nitrogen and oxygen atoms in total. The molecule has 4 rings (SSSR count). The highest BCUT2D eigenvalue weighted by Crippen LogP contribution is 2.27. The van der Waals surface area contributed by atoms with Crippen molar-refractivity contribution < 1.29 is 4.79 Å². The summed E-state index contributed by atoms with van der Waals surface area (Å²) in [5.41, 5.74) is 2.12. The van der Waals surface area contributed by atoms with Crippen LogP contribution in [-0.2, 0) is 4.79 Å². The summed E-state index contributed by atoms with van der Waals surface area (Å²) in [7, 11) is 0. The number of carbonyl (C=O) groups is 1. The normalized spacial score (nSPS) is 17.9. The summed E-state index contributed by atoms with van der Waals surface area (Å²) in [6.07, 6.45) is 13.3. The van der Waals surface area contributed by atoms with Crippen LogP contribution in [0.25, 0.3) is 0 Å². The fourth-order valence-electron chi connectivity index (χ4n) is 3.54. The zero-order chi connectivity index (χ0) is 22.0. The fraction of sp³-hybridized carbons (Fsp3) is 0.348. The molecule has 0 radical (unpaired) electrons. The summed E-state index contributed by atoms with van der Waals surface area (Å²) in [6, 6.07) is 5.44. The summed E-state index contributed by atoms with van der Waals surface area (Å²) in [6.45, 7) is 4.21. The van der Waals surface area contributed by atoms with Gasteiger partial charge in [0, 0.05) is 24.2 Å². The Balaban J connectivity index is 1.43. The van der Waals surface area contributed by atoms with Crippen molar-refractivity contribution in [3.8, 4) is 0 Å². The molecule has 3 N–H and O–H groups in total. The van der Waals surface area contributed by atoms with E-state index in [0.717, 1.165) is 18.5 Å². The number of rotatable bonds is 7. The Morgan fingerprint density at radius 3 is 2.84 bits per heavy atom. The SMILES string of the molecule is CC(C)c1cn(C2C=CC=C(C(=O)Nc3cccc(C(=N)N(C=N)C4CC4)n3)C2)cn1. The first-order chi connectivity index (χ1) is 15.0. The lowest BCUT2D eigenvalue weighted by molar-refractivity contribution is -0.113. The van der Waals surface area contributed by atoms with Crippen LogP contribution in [0.3, 0.4) is 0 Å². The average molecular weight is 418 g/mol. The topological polar surface area (TPSA) is 111 Å². The summed E-state index contributed by atoms with van der Waals surface area (Å²) in [5, 5.41) is 18.8. The number of hydrogen-bond donors (Lipinski definition) is 3. The Labute approximate surface area is 181 Å². The van der Waals surface area contributed by atoms with Crippen LogP contribution < -0.4 is 5.32 Å². The molecule has 2 aliphatic carbocycles. The van der Waals surface area contributed by atoms with Gasteiger partial charge in [-0.2, -0.15) is 0 Å². The van der Waals surface area contributed by atoms with Crippen LogP contribution in [0.15, 0.2) is 54.5 Å². The molecule has 0 saturated heterocycles. The van der Waals surface area contributed by atoms with Crippen LogP contribution in [0.5, 0.6) is 0 Å². The molecule has 2 aliphatic rings. The average Bonchev–Trinajstić information content (AvgIpc) is 3.48. The lowest BCUT2D eigenvalue weighted by atomic mass is 9.99. The van der Waals surface area contributed by atoms with E-state index in [1.54, 1.807) is 23.1 Å². The van der Waals surface area contributed by atoms with Gasteiger partial charge in [0.15, 0.2) is 5.84 Å². The minimum Gasteiger partial charge on any atom is -0.330 e. The monoisotopic (exact) mass is 417 g/mol. The van der Waals surface area contributed by atoms with Crippen molar-refractivity contribution in [2.75, 3.05) is 5.32 Å². The fourth-order valence-corrected chi connectivity index (χ4v) is 3.54. The number of allylic oxidation sites excluding steroid dienone is 3. The summed E-state index contributed by atoms with van der Waals surface area (Å²) in [5.74, 6) is 0.716. The Morgan fingerprint density at radius 1 is 1.35 bits per heavy atom. The molecule has 1 atom stereocenters. The molecule has 2 heterocycles. The van der Waals surface area contributed by atoms with Gasteiger partial charge in [0.25, 0.3) is 5.91 Å². The second-order valence-corrected chi connectivity index (χ2v) is 8.23. The first-order valence-electron chi connectivity index (χ1n) is 10.5. The second-order valence-electron chi connectivity index (χ2n) is 8.23. The predicted molar refractivity (Wildman–Crippen MR) is 121 cm³/mol. The largest absolute Gasteiger partial charge is 0.330 e. The third-order valence-corrected chi connectivity index (χ3v) is 5.52. The number of imidazole rings is 1. The van der Waals surface area contributed by atoms with Crippen molar-refractivity contribution in [3.05, 3.63) is 65.9 Å². The molecule has 8 heteroatoms. The molecule has 1 unspecified atom stereocenters. The zero-order valence-corrected chi connectivity index (χ0v) is 17.7. The van der Waals surface area contributed by atoms with E-state index in [-0.39, 0.29) is 23.8 Å². The lowest BCUT2D eigenvalue weighted by Gasteiger charge is -2.20. The number of nitrogens with one attached hydrogen (secondary N) is 3. The van der Waals surface area contributed by atoms with Gasteiger partial charge >= 0.3 is 0 Å². The number of aromatic nitrogens is 3. The highest BCUT2D eigenvalue weighted by atomic mass is 16.1. The van der Waals surface area contributed by atoms with Crippen molar-refractivity contribution >= 4 is 23.9 Å². The molecule has 0 spiro atoms. The second kappa shape index (κ2) is 8.67. The minimum absolute atomic E-state index is 0.0397. The van der Waals surface area contributed by atoms with E-state index in [0.29, 0.717) is 29.4 Å². The summed E-state index contributed by atoms with van der Waals surface area (Å²) in [4.78, 5) is 23.4. The van der Waals surface area contributed by atoms with Crippen LogP contribution in [0.2, 0.25) is 0 Å². The van der Waals surface area contributed by atoms with E-state index in [1.807, 2.05) is 29.2 Å². The maximum absolute atomic E-state index is 12.9. The van der Waals surface area contributed by atoms with Gasteiger partial charge < -0.3 is 14.8 Å². The van der Waals surface area contributed by atoms with Crippen molar-refractivity contribution in [2.24, 2.45) is 0 Å². The molecule has 2 aromatic rings. The van der Waals surface area contributed by atoms with Gasteiger partial charge in [-0.25, -0.2) is 9.97 Å². The molecule has 2 aromatic heterocycles. The van der Waals surface area contributed by atoms with E-state index < -0.39 is 0 Å². The minimum atomic E-state index is -0.208. The number of hydrogen-bond acceptors (Lipinski definition) is 5. The molecule has 1 amide bonds. The van der Waals surface area contributed by atoms with Gasteiger partial charge in [-0.05, 0) is 30.9 Å². The molecular weight excluding hydrogens is 390 g/mol. The number of pyridine rings is 1. The van der Waals surface area contributed by atoms with Crippen LogP contribution in [0.1, 0.15) is 56.5 Å². The van der Waals surface area contributed by atoms with E-state index in [1.165, 1.54) is 6.34 Å². The first kappa shape index (κ1) is 20.7. The summed E-state index contributed by atoms with van der Waals surface area (Å²) < 4.78 is 2.04. The van der Waals surface area contributed by atoms with Crippen LogP contribution >= 0.6 is 0 Å². The molecule has 160 valence electrons. The van der Waals surface area contributed by atoms with E-state index in [9.17, 15) is 4.79 Å². The maximum Gasteiger partial charge on any atom is 0.252 e. The van der Waals surface area contributed by atoms with Crippen molar-refractivity contribution in [2.45, 2.75) is 51.1 Å². The van der Waals surface area contributed by atoms with E-state index >= 15 is 0 Å². The van der Waals surface area contributed by atoms with Crippen LogP contribution in [-0.4, -0.2) is 43.6 Å². The molecule has 0 bridgehead atoms. The van der Waals surface area contributed by atoms with Gasteiger partial charge in [0.1, 0.15) is 11.5 Å². The summed E-state index contributed by atoms with van der Waals surface area (Å²) >= 11 is 0. The quantitative estimate of drug-likeness (QED) is 0.469. The molecular formula is C23H27N7O. The number of amides is 1. The predicted octanol–water partition coefficient (Wildman–Crippen LogP) is 3.86. The van der Waals surface area contributed by atoms with Crippen molar-refractivity contribution in [1.29, 1.82) is 10.8 Å². The first-order valence-corrected chi connectivity index (χ1v) is 10.5.